The standard InChI is InChI=1S/C15H16F2N4O/c1-10-9-20(8-6-18-10)15(22)13-5-7-21(19-13)14-11(16)3-2-4-12(14)17/h2-5,7,10,18H,6,8-9H2,1H3/t10-/m1/s1. The summed E-state index contributed by atoms with van der Waals surface area (Å²) in [4.78, 5) is 14.1. The molecule has 1 amide bonds. The van der Waals surface area contributed by atoms with E-state index in [9.17, 15) is 13.6 Å². The van der Waals surface area contributed by atoms with Crippen LogP contribution in [0.3, 0.4) is 0 Å². The van der Waals surface area contributed by atoms with Crippen LogP contribution in [-0.4, -0.2) is 46.3 Å². The van der Waals surface area contributed by atoms with Crippen LogP contribution in [0.5, 0.6) is 0 Å². The molecule has 1 fully saturated rings. The molecule has 5 nitrogen and oxygen atoms in total. The third-order valence-corrected chi connectivity index (χ3v) is 3.63. The summed E-state index contributed by atoms with van der Waals surface area (Å²) in [6, 6.07) is 5.27. The van der Waals surface area contributed by atoms with E-state index in [1.165, 1.54) is 18.3 Å². The van der Waals surface area contributed by atoms with Crippen LogP contribution >= 0.6 is 0 Å². The number of hydrogen-bond acceptors (Lipinski definition) is 3. The van der Waals surface area contributed by atoms with Gasteiger partial charge in [0.25, 0.3) is 5.91 Å². The molecule has 0 spiro atoms. The van der Waals surface area contributed by atoms with E-state index in [2.05, 4.69) is 10.4 Å². The molecule has 1 aliphatic rings. The Hall–Kier alpha value is -2.28. The van der Waals surface area contributed by atoms with E-state index in [4.69, 9.17) is 0 Å². The van der Waals surface area contributed by atoms with E-state index in [0.717, 1.165) is 23.4 Å². The van der Waals surface area contributed by atoms with Crippen LogP contribution in [0.4, 0.5) is 8.78 Å². The van der Waals surface area contributed by atoms with Gasteiger partial charge in [-0.3, -0.25) is 4.79 Å². The highest BCUT2D eigenvalue weighted by molar-refractivity contribution is 5.92. The minimum atomic E-state index is -0.724. The summed E-state index contributed by atoms with van der Waals surface area (Å²) in [5.74, 6) is -1.68. The van der Waals surface area contributed by atoms with Gasteiger partial charge in [-0.25, -0.2) is 13.5 Å². The molecule has 0 saturated carbocycles. The summed E-state index contributed by atoms with van der Waals surface area (Å²) in [5, 5.41) is 7.27. The lowest BCUT2D eigenvalue weighted by Crippen LogP contribution is -2.51. The minimum absolute atomic E-state index is 0.178. The Balaban J connectivity index is 1.86. The predicted molar refractivity (Wildman–Crippen MR) is 76.8 cm³/mol. The van der Waals surface area contributed by atoms with Gasteiger partial charge in [0.1, 0.15) is 5.69 Å². The molecule has 1 aromatic heterocycles. The first-order chi connectivity index (χ1) is 10.6. The summed E-state index contributed by atoms with van der Waals surface area (Å²) in [6.07, 6.45) is 1.39. The molecule has 0 aliphatic carbocycles. The molecule has 1 N–H and O–H groups in total. The van der Waals surface area contributed by atoms with Gasteiger partial charge in [-0.2, -0.15) is 5.10 Å². The zero-order chi connectivity index (χ0) is 15.7. The zero-order valence-electron chi connectivity index (χ0n) is 12.1. The Bertz CT molecular complexity index is 680. The molecule has 0 radical (unpaired) electrons. The van der Waals surface area contributed by atoms with E-state index in [1.807, 2.05) is 6.92 Å². The SMILES string of the molecule is C[C@@H]1CN(C(=O)c2ccn(-c3c(F)cccc3F)n2)CCN1. The lowest BCUT2D eigenvalue weighted by atomic mass is 10.2. The smallest absolute Gasteiger partial charge is 0.274 e. The van der Waals surface area contributed by atoms with Crippen LogP contribution in [0.2, 0.25) is 0 Å². The van der Waals surface area contributed by atoms with Crippen LogP contribution in [0, 0.1) is 11.6 Å². The van der Waals surface area contributed by atoms with Gasteiger partial charge < -0.3 is 10.2 Å². The van der Waals surface area contributed by atoms with Crippen molar-refractivity contribution >= 4 is 5.91 Å². The molecule has 1 atom stereocenters. The number of benzene rings is 1. The second-order valence-electron chi connectivity index (χ2n) is 5.32. The van der Waals surface area contributed by atoms with Crippen molar-refractivity contribution in [3.8, 4) is 5.69 Å². The monoisotopic (exact) mass is 306 g/mol. The van der Waals surface area contributed by atoms with Crippen LogP contribution in [0.15, 0.2) is 30.5 Å². The Morgan fingerprint density at radius 2 is 2.05 bits per heavy atom. The van der Waals surface area contributed by atoms with Crippen LogP contribution in [0.25, 0.3) is 5.69 Å². The fourth-order valence-corrected chi connectivity index (χ4v) is 2.55. The van der Waals surface area contributed by atoms with Gasteiger partial charge in [0.15, 0.2) is 17.3 Å². The van der Waals surface area contributed by atoms with Crippen LogP contribution in [-0.2, 0) is 0 Å². The van der Waals surface area contributed by atoms with Gasteiger partial charge in [0, 0.05) is 31.9 Å². The third-order valence-electron chi connectivity index (χ3n) is 3.63. The van der Waals surface area contributed by atoms with Crippen molar-refractivity contribution in [3.63, 3.8) is 0 Å². The van der Waals surface area contributed by atoms with E-state index >= 15 is 0 Å². The lowest BCUT2D eigenvalue weighted by Gasteiger charge is -2.31. The summed E-state index contributed by atoms with van der Waals surface area (Å²) in [7, 11) is 0. The first kappa shape index (κ1) is 14.6. The zero-order valence-corrected chi connectivity index (χ0v) is 12.1. The summed E-state index contributed by atoms with van der Waals surface area (Å²) in [6.45, 7) is 3.88. The number of nitrogens with zero attached hydrogens (tertiary/aromatic N) is 3. The Morgan fingerprint density at radius 1 is 1.32 bits per heavy atom. The van der Waals surface area contributed by atoms with Crippen LogP contribution < -0.4 is 5.32 Å². The molecule has 0 unspecified atom stereocenters. The highest BCUT2D eigenvalue weighted by Crippen LogP contribution is 2.17. The van der Waals surface area contributed by atoms with Gasteiger partial charge in [-0.05, 0) is 25.1 Å². The Morgan fingerprint density at radius 3 is 2.73 bits per heavy atom. The number of nitrogens with one attached hydrogen (secondary N) is 1. The van der Waals surface area contributed by atoms with E-state index in [0.29, 0.717) is 13.1 Å². The van der Waals surface area contributed by atoms with Crippen molar-refractivity contribution in [1.82, 2.24) is 20.0 Å². The molecular weight excluding hydrogens is 290 g/mol. The topological polar surface area (TPSA) is 50.2 Å². The number of carbonyl (C=O) groups is 1. The van der Waals surface area contributed by atoms with Gasteiger partial charge in [0.2, 0.25) is 0 Å². The molecule has 116 valence electrons. The molecule has 1 aromatic carbocycles. The number of para-hydroxylation sites is 1. The maximum absolute atomic E-state index is 13.7. The van der Waals surface area contributed by atoms with Gasteiger partial charge in [-0.1, -0.05) is 6.07 Å². The molecule has 1 aliphatic heterocycles. The molecule has 2 heterocycles. The van der Waals surface area contributed by atoms with Crippen molar-refractivity contribution in [2.45, 2.75) is 13.0 Å². The van der Waals surface area contributed by atoms with Gasteiger partial charge in [-0.15, -0.1) is 0 Å². The quantitative estimate of drug-likeness (QED) is 0.916. The number of halogens is 2. The number of aromatic nitrogens is 2. The molecule has 3 rings (SSSR count). The van der Waals surface area contributed by atoms with Gasteiger partial charge in [0.05, 0.1) is 0 Å². The number of amides is 1. The first-order valence-electron chi connectivity index (χ1n) is 7.09. The number of carbonyl (C=O) groups excluding carboxylic acids is 1. The fourth-order valence-electron chi connectivity index (χ4n) is 2.55. The predicted octanol–water partition coefficient (Wildman–Crippen LogP) is 1.58. The van der Waals surface area contributed by atoms with Crippen LogP contribution in [0.1, 0.15) is 17.4 Å². The molecule has 2 aromatic rings. The van der Waals surface area contributed by atoms with E-state index in [-0.39, 0.29) is 23.3 Å². The second kappa shape index (κ2) is 5.84. The highest BCUT2D eigenvalue weighted by atomic mass is 19.1. The average molecular weight is 306 g/mol. The molecule has 22 heavy (non-hydrogen) atoms. The third kappa shape index (κ3) is 2.71. The summed E-state index contributed by atoms with van der Waals surface area (Å²) < 4.78 is 28.6. The second-order valence-corrected chi connectivity index (χ2v) is 5.32. The van der Waals surface area contributed by atoms with Crippen molar-refractivity contribution in [3.05, 3.63) is 47.8 Å². The van der Waals surface area contributed by atoms with Crippen molar-refractivity contribution in [2.24, 2.45) is 0 Å². The minimum Gasteiger partial charge on any atom is -0.334 e. The van der Waals surface area contributed by atoms with Crippen molar-refractivity contribution in [2.75, 3.05) is 19.6 Å². The highest BCUT2D eigenvalue weighted by Gasteiger charge is 2.24. The van der Waals surface area contributed by atoms with Gasteiger partial charge >= 0.3 is 0 Å². The first-order valence-corrected chi connectivity index (χ1v) is 7.09. The molecule has 1 saturated heterocycles. The van der Waals surface area contributed by atoms with Crippen molar-refractivity contribution < 1.29 is 13.6 Å². The summed E-state index contributed by atoms with van der Waals surface area (Å²) in [5.41, 5.74) is -0.105. The number of piperazine rings is 1. The number of hydrogen-bond donors (Lipinski definition) is 1. The normalized spacial score (nSPS) is 18.5. The van der Waals surface area contributed by atoms with E-state index in [1.54, 1.807) is 4.90 Å². The Kier molecular flexibility index (Phi) is 3.89. The fraction of sp³-hybridized carbons (Fsp3) is 0.333. The largest absolute Gasteiger partial charge is 0.334 e. The molecule has 0 bridgehead atoms. The lowest BCUT2D eigenvalue weighted by molar-refractivity contribution is 0.0702. The Labute approximate surface area is 126 Å². The molecular formula is C15H16F2N4O. The number of rotatable bonds is 2. The molecule has 7 heteroatoms. The maximum Gasteiger partial charge on any atom is 0.274 e. The van der Waals surface area contributed by atoms with Crippen molar-refractivity contribution in [1.29, 1.82) is 0 Å². The summed E-state index contributed by atoms with van der Waals surface area (Å²) >= 11 is 0. The van der Waals surface area contributed by atoms with E-state index < -0.39 is 11.6 Å². The maximum atomic E-state index is 13.7. The average Bonchev–Trinajstić information content (AvgIpc) is 2.96.